The third-order valence-corrected chi connectivity index (χ3v) is 4.30. The maximum absolute atomic E-state index is 12.6. The Bertz CT molecular complexity index is 644. The molecule has 0 saturated heterocycles. The summed E-state index contributed by atoms with van der Waals surface area (Å²) >= 11 is 0. The Morgan fingerprint density at radius 2 is 1.43 bits per heavy atom. The topological polar surface area (TPSA) is 46.5 Å². The normalized spacial score (nSPS) is 15.5. The highest BCUT2D eigenvalue weighted by molar-refractivity contribution is 5.76. The quantitative estimate of drug-likeness (QED) is 0.681. The van der Waals surface area contributed by atoms with E-state index in [1.54, 1.807) is 31.2 Å². The van der Waals surface area contributed by atoms with Crippen LogP contribution in [0.4, 0.5) is 0 Å². The standard InChI is InChI=1S/C20H24O3/c1-15(18(21)23-17-13-9-6-10-14-17)20(22,19(2,3)4)16-11-7-5-8-12-16/h5-15,22H,1-4H3/t15-,20+/m1/s1. The van der Waals surface area contributed by atoms with Crippen molar-refractivity contribution in [2.45, 2.75) is 33.3 Å². The van der Waals surface area contributed by atoms with Crippen LogP contribution in [-0.2, 0) is 10.4 Å². The molecule has 0 unspecified atom stereocenters. The molecule has 122 valence electrons. The Balaban J connectivity index is 2.35. The SMILES string of the molecule is C[C@H](C(=O)Oc1ccccc1)[C@](O)(c1ccccc1)C(C)(C)C. The summed E-state index contributed by atoms with van der Waals surface area (Å²) in [5.41, 5.74) is -1.16. The average Bonchev–Trinajstić information content (AvgIpc) is 2.54. The first-order chi connectivity index (χ1) is 10.8. The minimum Gasteiger partial charge on any atom is -0.426 e. The van der Waals surface area contributed by atoms with Gasteiger partial charge in [-0.2, -0.15) is 0 Å². The number of para-hydroxylation sites is 1. The molecule has 1 N–H and O–H groups in total. The molecule has 0 radical (unpaired) electrons. The largest absolute Gasteiger partial charge is 0.426 e. The van der Waals surface area contributed by atoms with Crippen LogP contribution in [0, 0.1) is 11.3 Å². The minimum absolute atomic E-state index is 0.447. The van der Waals surface area contributed by atoms with E-state index < -0.39 is 22.9 Å². The number of hydrogen-bond acceptors (Lipinski definition) is 3. The molecule has 0 amide bonds. The Morgan fingerprint density at radius 1 is 0.957 bits per heavy atom. The number of rotatable bonds is 4. The van der Waals surface area contributed by atoms with Gasteiger partial charge in [-0.3, -0.25) is 4.79 Å². The molecule has 2 aromatic rings. The predicted molar refractivity (Wildman–Crippen MR) is 91.0 cm³/mol. The number of benzene rings is 2. The summed E-state index contributed by atoms with van der Waals surface area (Å²) in [5, 5.41) is 11.4. The molecular formula is C20H24O3. The number of esters is 1. The van der Waals surface area contributed by atoms with Gasteiger partial charge in [0.15, 0.2) is 0 Å². The third kappa shape index (κ3) is 3.45. The fourth-order valence-corrected chi connectivity index (χ4v) is 2.89. The summed E-state index contributed by atoms with van der Waals surface area (Å²) in [7, 11) is 0. The predicted octanol–water partition coefficient (Wildman–Crippen LogP) is 4.16. The molecule has 0 aromatic heterocycles. The van der Waals surface area contributed by atoms with E-state index in [4.69, 9.17) is 4.74 Å². The van der Waals surface area contributed by atoms with Crippen molar-refractivity contribution in [1.82, 2.24) is 0 Å². The first-order valence-corrected chi connectivity index (χ1v) is 7.81. The van der Waals surface area contributed by atoms with E-state index in [1.807, 2.05) is 57.2 Å². The molecule has 3 heteroatoms. The van der Waals surface area contributed by atoms with Crippen LogP contribution in [0.25, 0.3) is 0 Å². The summed E-state index contributed by atoms with van der Waals surface area (Å²) < 4.78 is 5.44. The van der Waals surface area contributed by atoms with Crippen molar-refractivity contribution < 1.29 is 14.6 Å². The molecule has 0 aliphatic rings. The Labute approximate surface area is 137 Å². The smallest absolute Gasteiger partial charge is 0.317 e. The van der Waals surface area contributed by atoms with Crippen molar-refractivity contribution in [2.24, 2.45) is 11.3 Å². The number of carbonyl (C=O) groups excluding carboxylic acids is 1. The van der Waals surface area contributed by atoms with Gasteiger partial charge in [0.1, 0.15) is 11.4 Å². The average molecular weight is 312 g/mol. The Kier molecular flexibility index (Phi) is 4.90. The number of hydrogen-bond donors (Lipinski definition) is 1. The number of ether oxygens (including phenoxy) is 1. The van der Waals surface area contributed by atoms with Gasteiger partial charge in [0.05, 0.1) is 5.92 Å². The van der Waals surface area contributed by atoms with Gasteiger partial charge in [-0.25, -0.2) is 0 Å². The zero-order chi connectivity index (χ0) is 17.1. The van der Waals surface area contributed by atoms with E-state index in [2.05, 4.69) is 0 Å². The summed E-state index contributed by atoms with van der Waals surface area (Å²) in [6.07, 6.45) is 0. The van der Waals surface area contributed by atoms with Gasteiger partial charge in [-0.05, 0) is 30.0 Å². The van der Waals surface area contributed by atoms with Crippen molar-refractivity contribution in [2.75, 3.05) is 0 Å². The zero-order valence-corrected chi connectivity index (χ0v) is 14.1. The molecule has 0 fully saturated rings. The van der Waals surface area contributed by atoms with E-state index in [0.717, 1.165) is 0 Å². The van der Waals surface area contributed by atoms with Crippen LogP contribution in [0.2, 0.25) is 0 Å². The Hall–Kier alpha value is -2.13. The number of carbonyl (C=O) groups is 1. The molecule has 2 atom stereocenters. The van der Waals surface area contributed by atoms with Crippen molar-refractivity contribution in [3.8, 4) is 5.75 Å². The molecule has 23 heavy (non-hydrogen) atoms. The van der Waals surface area contributed by atoms with Crippen molar-refractivity contribution in [3.63, 3.8) is 0 Å². The van der Waals surface area contributed by atoms with E-state index in [-0.39, 0.29) is 0 Å². The third-order valence-electron chi connectivity index (χ3n) is 4.30. The molecule has 0 aliphatic carbocycles. The van der Waals surface area contributed by atoms with E-state index in [9.17, 15) is 9.90 Å². The maximum atomic E-state index is 12.6. The highest BCUT2D eigenvalue weighted by Gasteiger charge is 2.49. The zero-order valence-electron chi connectivity index (χ0n) is 14.1. The summed E-state index contributed by atoms with van der Waals surface area (Å²) in [6.45, 7) is 7.48. The summed E-state index contributed by atoms with van der Waals surface area (Å²) in [5.74, 6) is -0.684. The van der Waals surface area contributed by atoms with Crippen molar-refractivity contribution in [3.05, 3.63) is 66.2 Å². The van der Waals surface area contributed by atoms with Crippen LogP contribution in [0.5, 0.6) is 5.75 Å². The van der Waals surface area contributed by atoms with Crippen LogP contribution in [0.1, 0.15) is 33.3 Å². The van der Waals surface area contributed by atoms with Gasteiger partial charge in [-0.15, -0.1) is 0 Å². The molecular weight excluding hydrogens is 288 g/mol. The van der Waals surface area contributed by atoms with Gasteiger partial charge >= 0.3 is 5.97 Å². The molecule has 2 rings (SSSR count). The highest BCUT2D eigenvalue weighted by atomic mass is 16.5. The van der Waals surface area contributed by atoms with Gasteiger partial charge in [0.2, 0.25) is 0 Å². The monoisotopic (exact) mass is 312 g/mol. The molecule has 2 aromatic carbocycles. The molecule has 0 spiro atoms. The van der Waals surface area contributed by atoms with Gasteiger partial charge in [0.25, 0.3) is 0 Å². The van der Waals surface area contributed by atoms with Crippen molar-refractivity contribution in [1.29, 1.82) is 0 Å². The molecule has 0 saturated carbocycles. The molecule has 0 aliphatic heterocycles. The van der Waals surface area contributed by atoms with Crippen LogP contribution in [0.15, 0.2) is 60.7 Å². The fraction of sp³-hybridized carbons (Fsp3) is 0.350. The molecule has 0 bridgehead atoms. The lowest BCUT2D eigenvalue weighted by Crippen LogP contribution is -2.49. The van der Waals surface area contributed by atoms with Crippen LogP contribution < -0.4 is 4.74 Å². The van der Waals surface area contributed by atoms with E-state index in [1.165, 1.54) is 0 Å². The molecule has 3 nitrogen and oxygen atoms in total. The second-order valence-corrected chi connectivity index (χ2v) is 6.84. The summed E-state index contributed by atoms with van der Waals surface area (Å²) in [4.78, 5) is 12.6. The van der Waals surface area contributed by atoms with E-state index in [0.29, 0.717) is 11.3 Å². The first kappa shape index (κ1) is 17.2. The Morgan fingerprint density at radius 3 is 1.91 bits per heavy atom. The fourth-order valence-electron chi connectivity index (χ4n) is 2.89. The van der Waals surface area contributed by atoms with Crippen LogP contribution >= 0.6 is 0 Å². The number of aliphatic hydroxyl groups is 1. The lowest BCUT2D eigenvalue weighted by molar-refractivity contribution is -0.162. The van der Waals surface area contributed by atoms with Crippen LogP contribution in [-0.4, -0.2) is 11.1 Å². The van der Waals surface area contributed by atoms with Gasteiger partial charge < -0.3 is 9.84 Å². The second kappa shape index (κ2) is 6.55. The molecule has 0 heterocycles. The minimum atomic E-state index is -1.33. The van der Waals surface area contributed by atoms with Gasteiger partial charge in [0, 0.05) is 0 Å². The highest BCUT2D eigenvalue weighted by Crippen LogP contribution is 2.45. The van der Waals surface area contributed by atoms with Crippen molar-refractivity contribution >= 4 is 5.97 Å². The van der Waals surface area contributed by atoms with E-state index >= 15 is 0 Å². The van der Waals surface area contributed by atoms with Crippen LogP contribution in [0.3, 0.4) is 0 Å². The lowest BCUT2D eigenvalue weighted by Gasteiger charge is -2.44. The van der Waals surface area contributed by atoms with Gasteiger partial charge in [-0.1, -0.05) is 69.3 Å². The first-order valence-electron chi connectivity index (χ1n) is 7.81. The lowest BCUT2D eigenvalue weighted by atomic mass is 9.65. The summed E-state index contributed by atoms with van der Waals surface area (Å²) in [6, 6.07) is 18.2. The second-order valence-electron chi connectivity index (χ2n) is 6.84. The maximum Gasteiger partial charge on any atom is 0.317 e.